The molecule has 1 N–H and O–H groups in total. The van der Waals surface area contributed by atoms with E-state index in [2.05, 4.69) is 58.8 Å². The van der Waals surface area contributed by atoms with Crippen LogP contribution in [-0.4, -0.2) is 7.05 Å². The number of hydrogen-bond donors (Lipinski definition) is 1. The Labute approximate surface area is 99.7 Å². The molecule has 0 aliphatic heterocycles. The van der Waals surface area contributed by atoms with Crippen molar-refractivity contribution in [2.24, 2.45) is 0 Å². The standard InChI is InChI=1S/C12H16IN/c1-3-4-9-12(14-2)10-7-5-6-8-11(10)13/h3,5-8,12,14H,1,4,9H2,2H3. The van der Waals surface area contributed by atoms with Crippen molar-refractivity contribution in [3.63, 3.8) is 0 Å². The first-order valence-corrected chi connectivity index (χ1v) is 5.90. The fraction of sp³-hybridized carbons (Fsp3) is 0.333. The molecule has 1 aromatic rings. The van der Waals surface area contributed by atoms with Gasteiger partial charge in [0.15, 0.2) is 0 Å². The molecule has 1 aromatic carbocycles. The predicted molar refractivity (Wildman–Crippen MR) is 70.4 cm³/mol. The smallest absolute Gasteiger partial charge is 0.0331 e. The molecule has 0 saturated carbocycles. The van der Waals surface area contributed by atoms with E-state index in [0.29, 0.717) is 6.04 Å². The molecule has 2 heteroatoms. The van der Waals surface area contributed by atoms with Gasteiger partial charge in [0.1, 0.15) is 0 Å². The van der Waals surface area contributed by atoms with Crippen molar-refractivity contribution in [3.8, 4) is 0 Å². The number of benzene rings is 1. The molecular formula is C12H16IN. The quantitative estimate of drug-likeness (QED) is 0.648. The van der Waals surface area contributed by atoms with E-state index in [1.54, 1.807) is 0 Å². The SMILES string of the molecule is C=CCCC(NC)c1ccccc1I. The van der Waals surface area contributed by atoms with E-state index in [4.69, 9.17) is 0 Å². The normalized spacial score (nSPS) is 12.4. The average molecular weight is 301 g/mol. The molecule has 1 atom stereocenters. The van der Waals surface area contributed by atoms with E-state index in [1.807, 2.05) is 13.1 Å². The third-order valence-electron chi connectivity index (χ3n) is 2.29. The number of nitrogens with one attached hydrogen (secondary N) is 1. The molecule has 76 valence electrons. The van der Waals surface area contributed by atoms with Crippen molar-refractivity contribution in [2.45, 2.75) is 18.9 Å². The van der Waals surface area contributed by atoms with E-state index >= 15 is 0 Å². The van der Waals surface area contributed by atoms with Crippen LogP contribution in [0.1, 0.15) is 24.4 Å². The Morgan fingerprint density at radius 2 is 2.21 bits per heavy atom. The second-order valence-electron chi connectivity index (χ2n) is 3.23. The minimum Gasteiger partial charge on any atom is -0.313 e. The first-order valence-electron chi connectivity index (χ1n) is 4.82. The summed E-state index contributed by atoms with van der Waals surface area (Å²) in [6.07, 6.45) is 4.14. The Bertz CT molecular complexity index is 296. The lowest BCUT2D eigenvalue weighted by Crippen LogP contribution is -2.17. The molecule has 0 aliphatic carbocycles. The molecule has 14 heavy (non-hydrogen) atoms. The third kappa shape index (κ3) is 3.10. The fourth-order valence-electron chi connectivity index (χ4n) is 1.50. The second kappa shape index (κ2) is 6.19. The number of rotatable bonds is 5. The molecule has 1 rings (SSSR count). The molecule has 0 aromatic heterocycles. The van der Waals surface area contributed by atoms with Gasteiger partial charge in [-0.15, -0.1) is 6.58 Å². The molecule has 1 nitrogen and oxygen atoms in total. The monoisotopic (exact) mass is 301 g/mol. The molecule has 1 unspecified atom stereocenters. The first kappa shape index (κ1) is 11.7. The second-order valence-corrected chi connectivity index (χ2v) is 4.39. The first-order chi connectivity index (χ1) is 6.79. The number of halogens is 1. The van der Waals surface area contributed by atoms with E-state index in [-0.39, 0.29) is 0 Å². The summed E-state index contributed by atoms with van der Waals surface area (Å²) in [5, 5.41) is 3.34. The lowest BCUT2D eigenvalue weighted by Gasteiger charge is -2.17. The van der Waals surface area contributed by atoms with Crippen LogP contribution in [-0.2, 0) is 0 Å². The summed E-state index contributed by atoms with van der Waals surface area (Å²) in [5.74, 6) is 0. The van der Waals surface area contributed by atoms with Crippen LogP contribution in [0, 0.1) is 3.57 Å². The predicted octanol–water partition coefficient (Wildman–Crippen LogP) is 3.52. The zero-order valence-electron chi connectivity index (χ0n) is 8.46. The van der Waals surface area contributed by atoms with Crippen LogP contribution in [0.25, 0.3) is 0 Å². The van der Waals surface area contributed by atoms with Gasteiger partial charge in [0.2, 0.25) is 0 Å². The average Bonchev–Trinajstić information content (AvgIpc) is 2.21. The molecule has 0 radical (unpaired) electrons. The summed E-state index contributed by atoms with van der Waals surface area (Å²) in [5.41, 5.74) is 1.39. The van der Waals surface area contributed by atoms with Crippen LogP contribution in [0.4, 0.5) is 0 Å². The maximum Gasteiger partial charge on any atom is 0.0331 e. The van der Waals surface area contributed by atoms with Gasteiger partial charge in [-0.2, -0.15) is 0 Å². The minimum atomic E-state index is 0.445. The van der Waals surface area contributed by atoms with Crippen molar-refractivity contribution in [1.82, 2.24) is 5.32 Å². The largest absolute Gasteiger partial charge is 0.313 e. The van der Waals surface area contributed by atoms with Crippen LogP contribution < -0.4 is 5.32 Å². The summed E-state index contributed by atoms with van der Waals surface area (Å²) < 4.78 is 1.33. The van der Waals surface area contributed by atoms with Gasteiger partial charge in [-0.1, -0.05) is 24.3 Å². The van der Waals surface area contributed by atoms with Crippen molar-refractivity contribution < 1.29 is 0 Å². The maximum absolute atomic E-state index is 3.75. The molecule has 0 fully saturated rings. The lowest BCUT2D eigenvalue weighted by molar-refractivity contribution is 0.552. The van der Waals surface area contributed by atoms with Crippen molar-refractivity contribution >= 4 is 22.6 Å². The topological polar surface area (TPSA) is 12.0 Å². The summed E-state index contributed by atoms with van der Waals surface area (Å²) in [6.45, 7) is 3.75. The maximum atomic E-state index is 3.75. The van der Waals surface area contributed by atoms with Crippen molar-refractivity contribution in [3.05, 3.63) is 46.1 Å². The Morgan fingerprint density at radius 3 is 2.79 bits per heavy atom. The molecule has 0 aliphatic rings. The van der Waals surface area contributed by atoms with Crippen LogP contribution >= 0.6 is 22.6 Å². The highest BCUT2D eigenvalue weighted by molar-refractivity contribution is 14.1. The van der Waals surface area contributed by atoms with Crippen LogP contribution in [0.15, 0.2) is 36.9 Å². The van der Waals surface area contributed by atoms with Crippen molar-refractivity contribution in [2.75, 3.05) is 7.05 Å². The van der Waals surface area contributed by atoms with Gasteiger partial charge in [0, 0.05) is 9.61 Å². The summed E-state index contributed by atoms with van der Waals surface area (Å²) in [4.78, 5) is 0. The van der Waals surface area contributed by atoms with Gasteiger partial charge in [-0.25, -0.2) is 0 Å². The molecule has 0 saturated heterocycles. The van der Waals surface area contributed by atoms with Gasteiger partial charge in [-0.05, 0) is 54.1 Å². The Balaban J connectivity index is 2.78. The molecule has 0 heterocycles. The van der Waals surface area contributed by atoms with Crippen LogP contribution in [0.3, 0.4) is 0 Å². The van der Waals surface area contributed by atoms with Gasteiger partial charge in [0.25, 0.3) is 0 Å². The van der Waals surface area contributed by atoms with Crippen LogP contribution in [0.2, 0.25) is 0 Å². The van der Waals surface area contributed by atoms with Crippen molar-refractivity contribution in [1.29, 1.82) is 0 Å². The highest BCUT2D eigenvalue weighted by Gasteiger charge is 2.10. The van der Waals surface area contributed by atoms with Gasteiger partial charge < -0.3 is 5.32 Å². The highest BCUT2D eigenvalue weighted by Crippen LogP contribution is 2.23. The fourth-order valence-corrected chi connectivity index (χ4v) is 2.26. The zero-order chi connectivity index (χ0) is 10.4. The minimum absolute atomic E-state index is 0.445. The zero-order valence-corrected chi connectivity index (χ0v) is 10.6. The lowest BCUT2D eigenvalue weighted by atomic mass is 10.0. The highest BCUT2D eigenvalue weighted by atomic mass is 127. The van der Waals surface area contributed by atoms with Gasteiger partial charge in [-0.3, -0.25) is 0 Å². The molecule has 0 bridgehead atoms. The Kier molecular flexibility index (Phi) is 5.19. The van der Waals surface area contributed by atoms with E-state index in [9.17, 15) is 0 Å². The third-order valence-corrected chi connectivity index (χ3v) is 3.27. The summed E-state index contributed by atoms with van der Waals surface area (Å²) in [6, 6.07) is 8.95. The van der Waals surface area contributed by atoms with E-state index in [1.165, 1.54) is 9.13 Å². The van der Waals surface area contributed by atoms with E-state index < -0.39 is 0 Å². The summed E-state index contributed by atoms with van der Waals surface area (Å²) in [7, 11) is 2.01. The van der Waals surface area contributed by atoms with Gasteiger partial charge >= 0.3 is 0 Å². The van der Waals surface area contributed by atoms with Crippen LogP contribution in [0.5, 0.6) is 0 Å². The molecule has 0 spiro atoms. The number of hydrogen-bond acceptors (Lipinski definition) is 1. The van der Waals surface area contributed by atoms with E-state index in [0.717, 1.165) is 12.8 Å². The Hall–Kier alpha value is -0.350. The Morgan fingerprint density at radius 1 is 1.50 bits per heavy atom. The van der Waals surface area contributed by atoms with Gasteiger partial charge in [0.05, 0.1) is 0 Å². The summed E-state index contributed by atoms with van der Waals surface area (Å²) >= 11 is 2.38. The number of allylic oxidation sites excluding steroid dienone is 1. The molecular weight excluding hydrogens is 285 g/mol. The molecule has 0 amide bonds.